The van der Waals surface area contributed by atoms with Crippen LogP contribution in [0, 0.1) is 5.92 Å². The maximum Gasteiger partial charge on any atom is 0.236 e. The van der Waals surface area contributed by atoms with E-state index >= 15 is 0 Å². The molecule has 1 amide bonds. The molecule has 20 heavy (non-hydrogen) atoms. The molecular formula is C17H20BrNO. The minimum Gasteiger partial charge on any atom is -0.340 e. The number of halogens is 1. The molecule has 0 spiro atoms. The SMILES string of the molecule is CC(C)C(Br)C(=O)N(C)Cc1ccc2ccccc2c1. The Kier molecular flexibility index (Phi) is 4.81. The largest absolute Gasteiger partial charge is 0.340 e. The molecule has 0 aliphatic carbocycles. The lowest BCUT2D eigenvalue weighted by atomic mass is 10.1. The first kappa shape index (κ1) is 15.0. The molecule has 0 radical (unpaired) electrons. The van der Waals surface area contributed by atoms with E-state index in [4.69, 9.17) is 0 Å². The fourth-order valence-corrected chi connectivity index (χ4v) is 2.53. The van der Waals surface area contributed by atoms with Crippen molar-refractivity contribution in [2.24, 2.45) is 5.92 Å². The molecule has 0 fully saturated rings. The summed E-state index contributed by atoms with van der Waals surface area (Å²) in [5.41, 5.74) is 1.16. The highest BCUT2D eigenvalue weighted by Gasteiger charge is 2.22. The van der Waals surface area contributed by atoms with E-state index in [9.17, 15) is 4.79 Å². The van der Waals surface area contributed by atoms with E-state index in [1.165, 1.54) is 10.8 Å². The Morgan fingerprint density at radius 1 is 1.15 bits per heavy atom. The number of nitrogens with zero attached hydrogens (tertiary/aromatic N) is 1. The molecule has 2 aromatic rings. The molecule has 0 aromatic heterocycles. The van der Waals surface area contributed by atoms with Crippen molar-refractivity contribution in [2.45, 2.75) is 25.2 Å². The van der Waals surface area contributed by atoms with Crippen molar-refractivity contribution in [2.75, 3.05) is 7.05 Å². The van der Waals surface area contributed by atoms with Crippen LogP contribution in [0.5, 0.6) is 0 Å². The van der Waals surface area contributed by atoms with Crippen molar-refractivity contribution in [1.29, 1.82) is 0 Å². The van der Waals surface area contributed by atoms with Gasteiger partial charge in [0.05, 0.1) is 4.83 Å². The summed E-state index contributed by atoms with van der Waals surface area (Å²) >= 11 is 3.47. The normalized spacial score (nSPS) is 12.7. The zero-order chi connectivity index (χ0) is 14.7. The van der Waals surface area contributed by atoms with Gasteiger partial charge in [0, 0.05) is 13.6 Å². The molecule has 0 bridgehead atoms. The number of carbonyl (C=O) groups excluding carboxylic acids is 1. The van der Waals surface area contributed by atoms with Crippen molar-refractivity contribution < 1.29 is 4.79 Å². The standard InChI is InChI=1S/C17H20BrNO/c1-12(2)16(18)17(20)19(3)11-13-8-9-14-6-4-5-7-15(14)10-13/h4-10,12,16H,11H2,1-3H3. The smallest absolute Gasteiger partial charge is 0.236 e. The van der Waals surface area contributed by atoms with E-state index in [0.29, 0.717) is 12.5 Å². The molecule has 0 saturated carbocycles. The molecule has 2 rings (SSSR count). The zero-order valence-electron chi connectivity index (χ0n) is 12.1. The van der Waals surface area contributed by atoms with Crippen LogP contribution in [0.1, 0.15) is 19.4 Å². The first-order chi connectivity index (χ1) is 9.49. The Labute approximate surface area is 128 Å². The zero-order valence-corrected chi connectivity index (χ0v) is 13.7. The van der Waals surface area contributed by atoms with Crippen molar-refractivity contribution in [1.82, 2.24) is 4.90 Å². The lowest BCUT2D eigenvalue weighted by Crippen LogP contribution is -2.35. The van der Waals surface area contributed by atoms with Gasteiger partial charge in [-0.15, -0.1) is 0 Å². The Hall–Kier alpha value is -1.35. The van der Waals surface area contributed by atoms with Gasteiger partial charge >= 0.3 is 0 Å². The summed E-state index contributed by atoms with van der Waals surface area (Å²) in [6.07, 6.45) is 0. The summed E-state index contributed by atoms with van der Waals surface area (Å²) in [5.74, 6) is 0.426. The summed E-state index contributed by atoms with van der Waals surface area (Å²) in [7, 11) is 1.86. The topological polar surface area (TPSA) is 20.3 Å². The highest BCUT2D eigenvalue weighted by Crippen LogP contribution is 2.19. The highest BCUT2D eigenvalue weighted by atomic mass is 79.9. The number of benzene rings is 2. The first-order valence-corrected chi connectivity index (χ1v) is 7.77. The molecule has 0 heterocycles. The first-order valence-electron chi connectivity index (χ1n) is 6.86. The van der Waals surface area contributed by atoms with Gasteiger partial charge in [-0.2, -0.15) is 0 Å². The van der Waals surface area contributed by atoms with Crippen LogP contribution in [0.15, 0.2) is 42.5 Å². The van der Waals surface area contributed by atoms with Gasteiger partial charge in [0.15, 0.2) is 0 Å². The quantitative estimate of drug-likeness (QED) is 0.767. The van der Waals surface area contributed by atoms with E-state index in [0.717, 1.165) is 5.56 Å². The van der Waals surface area contributed by atoms with E-state index in [1.54, 1.807) is 4.90 Å². The summed E-state index contributed by atoms with van der Waals surface area (Å²) in [4.78, 5) is 13.9. The highest BCUT2D eigenvalue weighted by molar-refractivity contribution is 9.10. The molecule has 2 aromatic carbocycles. The number of hydrogen-bond acceptors (Lipinski definition) is 1. The summed E-state index contributed by atoms with van der Waals surface area (Å²) in [6.45, 7) is 4.72. The fraction of sp³-hybridized carbons (Fsp3) is 0.353. The molecular weight excluding hydrogens is 314 g/mol. The van der Waals surface area contributed by atoms with Crippen molar-refractivity contribution >= 4 is 32.6 Å². The number of amides is 1. The van der Waals surface area contributed by atoms with Crippen LogP contribution in [-0.4, -0.2) is 22.7 Å². The van der Waals surface area contributed by atoms with E-state index in [2.05, 4.69) is 46.3 Å². The second kappa shape index (κ2) is 6.40. The van der Waals surface area contributed by atoms with Gasteiger partial charge in [0.1, 0.15) is 0 Å². The Morgan fingerprint density at radius 2 is 1.80 bits per heavy atom. The summed E-state index contributed by atoms with van der Waals surface area (Å²) in [5, 5.41) is 2.44. The third-order valence-electron chi connectivity index (χ3n) is 3.43. The second-order valence-corrected chi connectivity index (χ2v) is 6.51. The number of hydrogen-bond donors (Lipinski definition) is 0. The Bertz CT molecular complexity index is 609. The second-order valence-electron chi connectivity index (χ2n) is 5.52. The minimum absolute atomic E-state index is 0.118. The maximum atomic E-state index is 12.2. The molecule has 0 aliphatic rings. The van der Waals surface area contributed by atoms with Gasteiger partial charge in [0.25, 0.3) is 0 Å². The minimum atomic E-state index is -0.118. The van der Waals surface area contributed by atoms with Crippen LogP contribution < -0.4 is 0 Å². The number of alkyl halides is 1. The third kappa shape index (κ3) is 3.40. The average molecular weight is 334 g/mol. The van der Waals surface area contributed by atoms with Crippen LogP contribution in [0.4, 0.5) is 0 Å². The van der Waals surface area contributed by atoms with Crippen LogP contribution in [-0.2, 0) is 11.3 Å². The predicted octanol–water partition coefficient (Wildman–Crippen LogP) is 4.22. The third-order valence-corrected chi connectivity index (χ3v) is 4.88. The van der Waals surface area contributed by atoms with Crippen molar-refractivity contribution in [3.63, 3.8) is 0 Å². The fourth-order valence-electron chi connectivity index (χ4n) is 2.18. The predicted molar refractivity (Wildman–Crippen MR) is 88.0 cm³/mol. The van der Waals surface area contributed by atoms with E-state index < -0.39 is 0 Å². The van der Waals surface area contributed by atoms with Gasteiger partial charge in [-0.1, -0.05) is 66.2 Å². The molecule has 106 valence electrons. The summed E-state index contributed by atoms with van der Waals surface area (Å²) < 4.78 is 0. The van der Waals surface area contributed by atoms with Crippen LogP contribution >= 0.6 is 15.9 Å². The molecule has 3 heteroatoms. The summed E-state index contributed by atoms with van der Waals surface area (Å²) in [6, 6.07) is 14.6. The maximum absolute atomic E-state index is 12.2. The molecule has 1 atom stereocenters. The van der Waals surface area contributed by atoms with Gasteiger partial charge < -0.3 is 4.90 Å². The lowest BCUT2D eigenvalue weighted by molar-refractivity contribution is -0.130. The van der Waals surface area contributed by atoms with Gasteiger partial charge in [-0.25, -0.2) is 0 Å². The molecule has 0 aliphatic heterocycles. The average Bonchev–Trinajstić information content (AvgIpc) is 2.45. The van der Waals surface area contributed by atoms with Crippen LogP contribution in [0.3, 0.4) is 0 Å². The molecule has 1 unspecified atom stereocenters. The van der Waals surface area contributed by atoms with Crippen molar-refractivity contribution in [3.05, 3.63) is 48.0 Å². The number of carbonyl (C=O) groups is 1. The van der Waals surface area contributed by atoms with Gasteiger partial charge in [-0.3, -0.25) is 4.79 Å². The monoisotopic (exact) mass is 333 g/mol. The molecule has 0 saturated heterocycles. The van der Waals surface area contributed by atoms with Crippen molar-refractivity contribution in [3.8, 4) is 0 Å². The lowest BCUT2D eigenvalue weighted by Gasteiger charge is -2.22. The Morgan fingerprint density at radius 3 is 2.45 bits per heavy atom. The van der Waals surface area contributed by atoms with Crippen LogP contribution in [0.2, 0.25) is 0 Å². The van der Waals surface area contributed by atoms with Crippen LogP contribution in [0.25, 0.3) is 10.8 Å². The van der Waals surface area contributed by atoms with E-state index in [1.807, 2.05) is 33.0 Å². The number of rotatable bonds is 4. The van der Waals surface area contributed by atoms with Gasteiger partial charge in [0.2, 0.25) is 5.91 Å². The molecule has 2 nitrogen and oxygen atoms in total. The Balaban J connectivity index is 2.13. The molecule has 0 N–H and O–H groups in total. The van der Waals surface area contributed by atoms with E-state index in [-0.39, 0.29) is 10.7 Å². The number of fused-ring (bicyclic) bond motifs is 1. The van der Waals surface area contributed by atoms with Gasteiger partial charge in [-0.05, 0) is 28.3 Å².